The van der Waals surface area contributed by atoms with Crippen LogP contribution >= 0.6 is 31.9 Å². The Hall–Kier alpha value is -1.64. The SMILES string of the molecule is Brc1cc2c3c(cc(Br)cc3c1)-c1cc3ccccc3cc1-2. The van der Waals surface area contributed by atoms with Crippen LogP contribution in [0.3, 0.4) is 0 Å². The number of halogens is 2. The van der Waals surface area contributed by atoms with E-state index < -0.39 is 0 Å². The molecule has 0 radical (unpaired) electrons. The molecule has 2 heteroatoms. The molecule has 0 spiro atoms. The Morgan fingerprint density at radius 1 is 0.500 bits per heavy atom. The van der Waals surface area contributed by atoms with Crippen LogP contribution in [0.2, 0.25) is 0 Å². The first-order valence-corrected chi connectivity index (χ1v) is 8.76. The standard InChI is InChI=1S/C20H10Br2/c21-14-5-13-6-15(22)10-19-17-8-12-4-2-1-3-11(12)7-16(17)18(9-14)20(13)19/h1-10H. The molecule has 0 atom stereocenters. The molecule has 4 aromatic carbocycles. The Bertz CT molecular complexity index is 1010. The van der Waals surface area contributed by atoms with Gasteiger partial charge in [0.15, 0.2) is 0 Å². The number of fused-ring (bicyclic) bond motifs is 4. The molecule has 1 aliphatic carbocycles. The zero-order valence-electron chi connectivity index (χ0n) is 11.5. The summed E-state index contributed by atoms with van der Waals surface area (Å²) < 4.78 is 2.25. The second kappa shape index (κ2) is 4.43. The van der Waals surface area contributed by atoms with E-state index in [1.165, 1.54) is 43.8 Å². The molecule has 22 heavy (non-hydrogen) atoms. The van der Waals surface area contributed by atoms with Crippen molar-refractivity contribution in [3.63, 3.8) is 0 Å². The Labute approximate surface area is 145 Å². The monoisotopic (exact) mass is 408 g/mol. The third-order valence-corrected chi connectivity index (χ3v) is 5.36. The van der Waals surface area contributed by atoms with E-state index in [1.807, 2.05) is 0 Å². The number of hydrogen-bond acceptors (Lipinski definition) is 0. The van der Waals surface area contributed by atoms with Gasteiger partial charge in [0.25, 0.3) is 0 Å². The van der Waals surface area contributed by atoms with Crippen LogP contribution in [0.4, 0.5) is 0 Å². The van der Waals surface area contributed by atoms with Gasteiger partial charge in [-0.15, -0.1) is 0 Å². The van der Waals surface area contributed by atoms with Crippen molar-refractivity contribution in [3.05, 3.63) is 69.6 Å². The number of rotatable bonds is 0. The van der Waals surface area contributed by atoms with E-state index in [0.29, 0.717) is 0 Å². The summed E-state index contributed by atoms with van der Waals surface area (Å²) in [6.07, 6.45) is 0. The van der Waals surface area contributed by atoms with Crippen LogP contribution in [-0.2, 0) is 0 Å². The van der Waals surface area contributed by atoms with Crippen LogP contribution < -0.4 is 0 Å². The van der Waals surface area contributed by atoms with Crippen LogP contribution in [-0.4, -0.2) is 0 Å². The maximum atomic E-state index is 3.66. The highest BCUT2D eigenvalue weighted by molar-refractivity contribution is 9.10. The fourth-order valence-electron chi connectivity index (χ4n) is 3.55. The molecule has 0 aliphatic heterocycles. The highest BCUT2D eigenvalue weighted by Crippen LogP contribution is 2.50. The average Bonchev–Trinajstić information content (AvgIpc) is 2.79. The predicted octanol–water partition coefficient (Wildman–Crippen LogP) is 7.17. The predicted molar refractivity (Wildman–Crippen MR) is 101 cm³/mol. The maximum absolute atomic E-state index is 3.66. The van der Waals surface area contributed by atoms with Crippen molar-refractivity contribution in [1.82, 2.24) is 0 Å². The smallest absolute Gasteiger partial charge is 0.0187 e. The molecule has 5 rings (SSSR count). The van der Waals surface area contributed by atoms with Crippen molar-refractivity contribution in [2.45, 2.75) is 0 Å². The number of benzene rings is 4. The summed E-state index contributed by atoms with van der Waals surface area (Å²) in [6.45, 7) is 0. The summed E-state index contributed by atoms with van der Waals surface area (Å²) in [5.74, 6) is 0. The molecule has 0 unspecified atom stereocenters. The molecule has 0 aromatic heterocycles. The summed E-state index contributed by atoms with van der Waals surface area (Å²) in [5.41, 5.74) is 5.32. The van der Waals surface area contributed by atoms with Gasteiger partial charge in [0.2, 0.25) is 0 Å². The van der Waals surface area contributed by atoms with Gasteiger partial charge in [-0.25, -0.2) is 0 Å². The first-order chi connectivity index (χ1) is 10.7. The van der Waals surface area contributed by atoms with Gasteiger partial charge in [0.1, 0.15) is 0 Å². The molecule has 0 saturated heterocycles. The summed E-state index contributed by atoms with van der Waals surface area (Å²) in [7, 11) is 0. The highest BCUT2D eigenvalue weighted by Gasteiger charge is 2.22. The van der Waals surface area contributed by atoms with Gasteiger partial charge in [0, 0.05) is 8.95 Å². The lowest BCUT2D eigenvalue weighted by Gasteiger charge is -2.05. The fourth-order valence-corrected chi connectivity index (χ4v) is 4.50. The minimum atomic E-state index is 1.13. The molecule has 0 nitrogen and oxygen atoms in total. The lowest BCUT2D eigenvalue weighted by Crippen LogP contribution is -1.79. The quantitative estimate of drug-likeness (QED) is 0.254. The van der Waals surface area contributed by atoms with Gasteiger partial charge >= 0.3 is 0 Å². The van der Waals surface area contributed by atoms with E-state index in [1.54, 1.807) is 0 Å². The largest absolute Gasteiger partial charge is 0.0616 e. The van der Waals surface area contributed by atoms with Crippen LogP contribution in [0.25, 0.3) is 43.8 Å². The van der Waals surface area contributed by atoms with Crippen molar-refractivity contribution in [2.75, 3.05) is 0 Å². The minimum absolute atomic E-state index is 1.13. The molecular weight excluding hydrogens is 400 g/mol. The Morgan fingerprint density at radius 2 is 1.00 bits per heavy atom. The molecule has 0 amide bonds. The van der Waals surface area contributed by atoms with Gasteiger partial charge in [-0.3, -0.25) is 0 Å². The van der Waals surface area contributed by atoms with Crippen LogP contribution in [0.1, 0.15) is 0 Å². The van der Waals surface area contributed by atoms with Gasteiger partial charge < -0.3 is 0 Å². The van der Waals surface area contributed by atoms with Gasteiger partial charge in [-0.1, -0.05) is 56.1 Å². The van der Waals surface area contributed by atoms with Crippen LogP contribution in [0.5, 0.6) is 0 Å². The van der Waals surface area contributed by atoms with Gasteiger partial charge in [-0.05, 0) is 80.2 Å². The Balaban J connectivity index is 2.02. The first kappa shape index (κ1) is 12.9. The molecule has 0 N–H and O–H groups in total. The molecule has 0 saturated carbocycles. The Kier molecular flexibility index (Phi) is 2.59. The van der Waals surface area contributed by atoms with E-state index in [-0.39, 0.29) is 0 Å². The summed E-state index contributed by atoms with van der Waals surface area (Å²) in [6, 6.07) is 22.1. The minimum Gasteiger partial charge on any atom is -0.0616 e. The van der Waals surface area contributed by atoms with Gasteiger partial charge in [0.05, 0.1) is 0 Å². The summed E-state index contributed by atoms with van der Waals surface area (Å²) >= 11 is 7.32. The molecular formula is C20H10Br2. The second-order valence-electron chi connectivity index (χ2n) is 5.75. The van der Waals surface area contributed by atoms with Crippen molar-refractivity contribution in [3.8, 4) is 22.3 Å². The number of hydrogen-bond donors (Lipinski definition) is 0. The maximum Gasteiger partial charge on any atom is 0.0187 e. The van der Waals surface area contributed by atoms with E-state index in [2.05, 4.69) is 92.5 Å². The van der Waals surface area contributed by atoms with Crippen LogP contribution in [0, 0.1) is 0 Å². The average molecular weight is 410 g/mol. The van der Waals surface area contributed by atoms with Crippen LogP contribution in [0.15, 0.2) is 69.6 Å². The normalized spacial score (nSPS) is 12.1. The zero-order chi connectivity index (χ0) is 14.8. The zero-order valence-corrected chi connectivity index (χ0v) is 14.7. The van der Waals surface area contributed by atoms with E-state index >= 15 is 0 Å². The molecule has 1 aliphatic rings. The lowest BCUT2D eigenvalue weighted by molar-refractivity contribution is 1.70. The third-order valence-electron chi connectivity index (χ3n) is 4.44. The van der Waals surface area contributed by atoms with Crippen molar-refractivity contribution in [2.24, 2.45) is 0 Å². The third kappa shape index (κ3) is 1.68. The van der Waals surface area contributed by atoms with E-state index in [9.17, 15) is 0 Å². The first-order valence-electron chi connectivity index (χ1n) is 7.17. The van der Waals surface area contributed by atoms with Crippen molar-refractivity contribution in [1.29, 1.82) is 0 Å². The molecule has 0 bridgehead atoms. The highest BCUT2D eigenvalue weighted by atomic mass is 79.9. The lowest BCUT2D eigenvalue weighted by atomic mass is 9.99. The van der Waals surface area contributed by atoms with Gasteiger partial charge in [-0.2, -0.15) is 0 Å². The van der Waals surface area contributed by atoms with E-state index in [0.717, 1.165) is 8.95 Å². The van der Waals surface area contributed by atoms with E-state index in [4.69, 9.17) is 0 Å². The molecule has 0 heterocycles. The van der Waals surface area contributed by atoms with Crippen molar-refractivity contribution >= 4 is 53.4 Å². The Morgan fingerprint density at radius 3 is 1.50 bits per heavy atom. The fraction of sp³-hybridized carbons (Fsp3) is 0. The van der Waals surface area contributed by atoms with Crippen molar-refractivity contribution < 1.29 is 0 Å². The topological polar surface area (TPSA) is 0 Å². The molecule has 0 fully saturated rings. The summed E-state index contributed by atoms with van der Waals surface area (Å²) in [4.78, 5) is 0. The molecule has 4 aromatic rings. The molecule has 104 valence electrons. The second-order valence-corrected chi connectivity index (χ2v) is 7.58. The summed E-state index contributed by atoms with van der Waals surface area (Å²) in [5, 5.41) is 5.22.